The van der Waals surface area contributed by atoms with E-state index in [2.05, 4.69) is 10.3 Å². The van der Waals surface area contributed by atoms with Crippen LogP contribution >= 0.6 is 0 Å². The minimum atomic E-state index is -0.857. The lowest BCUT2D eigenvalue weighted by Gasteiger charge is -2.10. The summed E-state index contributed by atoms with van der Waals surface area (Å²) < 4.78 is 28.3. The number of imidazole rings is 1. The fourth-order valence-electron chi connectivity index (χ4n) is 1.69. The molecular formula is C12H11F2N3. The Balaban J connectivity index is 2.02. The van der Waals surface area contributed by atoms with E-state index in [1.807, 2.05) is 0 Å². The van der Waals surface area contributed by atoms with Crippen LogP contribution < -0.4 is 5.32 Å². The van der Waals surface area contributed by atoms with Crippen LogP contribution in [0.3, 0.4) is 0 Å². The number of anilines is 1. The molecule has 1 aromatic carbocycles. The Kier molecular flexibility index (Phi) is 2.31. The molecule has 0 radical (unpaired) electrons. The molecule has 0 aliphatic heterocycles. The summed E-state index contributed by atoms with van der Waals surface area (Å²) in [6, 6.07) is 4.52. The van der Waals surface area contributed by atoms with Crippen LogP contribution in [0.15, 0.2) is 30.6 Å². The van der Waals surface area contributed by atoms with Gasteiger partial charge in [-0.15, -0.1) is 0 Å². The Morgan fingerprint density at radius 3 is 2.88 bits per heavy atom. The zero-order valence-electron chi connectivity index (χ0n) is 9.03. The first kappa shape index (κ1) is 10.3. The van der Waals surface area contributed by atoms with Gasteiger partial charge >= 0.3 is 0 Å². The van der Waals surface area contributed by atoms with Crippen molar-refractivity contribution in [3.05, 3.63) is 42.2 Å². The lowest BCUT2D eigenvalue weighted by Crippen LogP contribution is -2.09. The van der Waals surface area contributed by atoms with Crippen LogP contribution in [-0.2, 0) is 0 Å². The molecule has 0 bridgehead atoms. The number of hydrogen-bond acceptors (Lipinski definition) is 2. The van der Waals surface area contributed by atoms with Crippen molar-refractivity contribution in [1.29, 1.82) is 0 Å². The van der Waals surface area contributed by atoms with Gasteiger partial charge in [0.05, 0.1) is 5.69 Å². The molecule has 0 amide bonds. The van der Waals surface area contributed by atoms with Gasteiger partial charge in [-0.05, 0) is 25.0 Å². The average Bonchev–Trinajstić information content (AvgIpc) is 3.01. The summed E-state index contributed by atoms with van der Waals surface area (Å²) in [6.07, 6.45) is 5.37. The quantitative estimate of drug-likeness (QED) is 0.886. The van der Waals surface area contributed by atoms with E-state index in [1.54, 1.807) is 12.4 Å². The average molecular weight is 235 g/mol. The topological polar surface area (TPSA) is 29.9 Å². The summed E-state index contributed by atoms with van der Waals surface area (Å²) >= 11 is 0. The highest BCUT2D eigenvalue weighted by Crippen LogP contribution is 2.26. The third-order valence-corrected chi connectivity index (χ3v) is 2.74. The molecule has 1 aromatic heterocycles. The predicted octanol–water partition coefficient (Wildman–Crippen LogP) is 2.72. The van der Waals surface area contributed by atoms with E-state index in [0.717, 1.165) is 18.9 Å². The highest BCUT2D eigenvalue weighted by Gasteiger charge is 2.23. The normalized spacial score (nSPS) is 14.9. The molecule has 0 saturated heterocycles. The van der Waals surface area contributed by atoms with Crippen molar-refractivity contribution >= 4 is 5.95 Å². The van der Waals surface area contributed by atoms with Gasteiger partial charge in [0.25, 0.3) is 0 Å². The second-order valence-corrected chi connectivity index (χ2v) is 4.11. The number of hydrogen-bond donors (Lipinski definition) is 1. The molecule has 1 saturated carbocycles. The summed E-state index contributed by atoms with van der Waals surface area (Å²) in [5, 5.41) is 3.17. The molecule has 1 N–H and O–H groups in total. The summed E-state index contributed by atoms with van der Waals surface area (Å²) in [5.41, 5.74) is 0.172. The standard InChI is InChI=1S/C12H11F2N3/c13-9-2-1-3-10(11(9)14)17-7-6-15-12(17)16-8-4-5-8/h1-3,6-8H,4-5H2,(H,15,16). The van der Waals surface area contributed by atoms with E-state index in [9.17, 15) is 8.78 Å². The molecule has 17 heavy (non-hydrogen) atoms. The maximum absolute atomic E-state index is 13.6. The van der Waals surface area contributed by atoms with Gasteiger partial charge < -0.3 is 5.32 Å². The van der Waals surface area contributed by atoms with E-state index < -0.39 is 11.6 Å². The van der Waals surface area contributed by atoms with Gasteiger partial charge in [0.1, 0.15) is 0 Å². The first-order valence-corrected chi connectivity index (χ1v) is 5.50. The van der Waals surface area contributed by atoms with E-state index in [4.69, 9.17) is 0 Å². The SMILES string of the molecule is Fc1cccc(-n2ccnc2NC2CC2)c1F. The van der Waals surface area contributed by atoms with Gasteiger partial charge in [-0.1, -0.05) is 6.07 Å². The van der Waals surface area contributed by atoms with Gasteiger partial charge in [-0.3, -0.25) is 4.57 Å². The summed E-state index contributed by atoms with van der Waals surface area (Å²) in [6.45, 7) is 0. The highest BCUT2D eigenvalue weighted by molar-refractivity contribution is 5.44. The number of halogens is 2. The van der Waals surface area contributed by atoms with Crippen LogP contribution in [0.2, 0.25) is 0 Å². The van der Waals surface area contributed by atoms with Crippen LogP contribution in [0.25, 0.3) is 5.69 Å². The number of rotatable bonds is 3. The second kappa shape index (κ2) is 3.84. The molecule has 0 atom stereocenters. The van der Waals surface area contributed by atoms with Crippen molar-refractivity contribution in [2.24, 2.45) is 0 Å². The van der Waals surface area contributed by atoms with Crippen molar-refractivity contribution in [3.63, 3.8) is 0 Å². The summed E-state index contributed by atoms with van der Waals surface area (Å²) in [4.78, 5) is 4.11. The van der Waals surface area contributed by atoms with E-state index in [0.29, 0.717) is 12.0 Å². The molecule has 0 spiro atoms. The number of nitrogens with zero attached hydrogens (tertiary/aromatic N) is 2. The fourth-order valence-corrected chi connectivity index (χ4v) is 1.69. The number of nitrogens with one attached hydrogen (secondary N) is 1. The maximum Gasteiger partial charge on any atom is 0.207 e. The minimum Gasteiger partial charge on any atom is -0.353 e. The zero-order valence-corrected chi connectivity index (χ0v) is 9.03. The Hall–Kier alpha value is -1.91. The Bertz CT molecular complexity index is 546. The fraction of sp³-hybridized carbons (Fsp3) is 0.250. The molecule has 1 aliphatic carbocycles. The number of benzene rings is 1. The van der Waals surface area contributed by atoms with Gasteiger partial charge in [0, 0.05) is 18.4 Å². The third-order valence-electron chi connectivity index (χ3n) is 2.74. The monoisotopic (exact) mass is 235 g/mol. The van der Waals surface area contributed by atoms with Crippen LogP contribution in [-0.4, -0.2) is 15.6 Å². The van der Waals surface area contributed by atoms with Crippen molar-refractivity contribution in [2.75, 3.05) is 5.32 Å². The van der Waals surface area contributed by atoms with E-state index in [1.165, 1.54) is 16.7 Å². The third kappa shape index (κ3) is 1.88. The first-order chi connectivity index (χ1) is 8.25. The summed E-state index contributed by atoms with van der Waals surface area (Å²) in [5.74, 6) is -1.16. The van der Waals surface area contributed by atoms with Gasteiger partial charge in [0.15, 0.2) is 11.6 Å². The van der Waals surface area contributed by atoms with E-state index >= 15 is 0 Å². The van der Waals surface area contributed by atoms with Crippen molar-refractivity contribution in [2.45, 2.75) is 18.9 Å². The van der Waals surface area contributed by atoms with Crippen LogP contribution in [0.5, 0.6) is 0 Å². The largest absolute Gasteiger partial charge is 0.353 e. The molecule has 1 aliphatic rings. The highest BCUT2D eigenvalue weighted by atomic mass is 19.2. The lowest BCUT2D eigenvalue weighted by atomic mass is 10.3. The van der Waals surface area contributed by atoms with Crippen molar-refractivity contribution in [1.82, 2.24) is 9.55 Å². The van der Waals surface area contributed by atoms with Gasteiger partial charge in [-0.25, -0.2) is 13.8 Å². The van der Waals surface area contributed by atoms with Gasteiger partial charge in [-0.2, -0.15) is 0 Å². The van der Waals surface area contributed by atoms with E-state index in [-0.39, 0.29) is 5.69 Å². The molecular weight excluding hydrogens is 224 g/mol. The predicted molar refractivity (Wildman–Crippen MR) is 60.1 cm³/mol. The Labute approximate surface area is 97.1 Å². The lowest BCUT2D eigenvalue weighted by molar-refractivity contribution is 0.504. The smallest absolute Gasteiger partial charge is 0.207 e. The molecule has 0 unspecified atom stereocenters. The zero-order chi connectivity index (χ0) is 11.8. The molecule has 5 heteroatoms. The molecule has 88 valence electrons. The van der Waals surface area contributed by atoms with Gasteiger partial charge in [0.2, 0.25) is 5.95 Å². The molecule has 2 aromatic rings. The minimum absolute atomic E-state index is 0.172. The summed E-state index contributed by atoms with van der Waals surface area (Å²) in [7, 11) is 0. The Morgan fingerprint density at radius 1 is 1.29 bits per heavy atom. The number of aromatic nitrogens is 2. The van der Waals surface area contributed by atoms with Crippen LogP contribution in [0.4, 0.5) is 14.7 Å². The molecule has 3 nitrogen and oxygen atoms in total. The van der Waals surface area contributed by atoms with Crippen molar-refractivity contribution in [3.8, 4) is 5.69 Å². The second-order valence-electron chi connectivity index (χ2n) is 4.11. The van der Waals surface area contributed by atoms with Crippen LogP contribution in [0.1, 0.15) is 12.8 Å². The maximum atomic E-state index is 13.6. The van der Waals surface area contributed by atoms with Crippen LogP contribution in [0, 0.1) is 11.6 Å². The first-order valence-electron chi connectivity index (χ1n) is 5.50. The molecule has 1 heterocycles. The van der Waals surface area contributed by atoms with Crippen molar-refractivity contribution < 1.29 is 8.78 Å². The molecule has 3 rings (SSSR count). The Morgan fingerprint density at radius 2 is 2.12 bits per heavy atom. The molecule has 1 fully saturated rings.